The maximum atomic E-state index is 14.0. The molecule has 2 aromatic rings. The Morgan fingerprint density at radius 1 is 0.938 bits per heavy atom. The van der Waals surface area contributed by atoms with Crippen LogP contribution in [0.15, 0.2) is 54.6 Å². The fraction of sp³-hybridized carbons (Fsp3) is 0.529. The van der Waals surface area contributed by atoms with Crippen LogP contribution in [0, 0.1) is 5.92 Å². The van der Waals surface area contributed by atoms with Gasteiger partial charge in [0.05, 0.1) is 31.1 Å². The minimum absolute atomic E-state index is 0.130. The fourth-order valence-electron chi connectivity index (χ4n) is 5.88. The van der Waals surface area contributed by atoms with Crippen LogP contribution in [0.2, 0.25) is 0 Å². The second kappa shape index (κ2) is 14.9. The lowest BCUT2D eigenvalue weighted by Gasteiger charge is -2.41. The second-order valence-corrected chi connectivity index (χ2v) is 15.1. The van der Waals surface area contributed by atoms with Crippen molar-refractivity contribution in [2.24, 2.45) is 5.92 Å². The number of benzene rings is 2. The van der Waals surface area contributed by atoms with Crippen molar-refractivity contribution in [2.45, 2.75) is 77.4 Å². The maximum absolute atomic E-state index is 14.0. The summed E-state index contributed by atoms with van der Waals surface area (Å²) in [4.78, 5) is 53.5. The minimum atomic E-state index is -3.49. The predicted molar refractivity (Wildman–Crippen MR) is 178 cm³/mol. The largest absolute Gasteiger partial charge is 0.425 e. The molecule has 48 heavy (non-hydrogen) atoms. The molecule has 4 rings (SSSR count). The van der Waals surface area contributed by atoms with Gasteiger partial charge in [-0.15, -0.1) is 0 Å². The van der Waals surface area contributed by atoms with Crippen molar-refractivity contribution in [1.29, 1.82) is 0 Å². The number of piperidine rings is 1. The molecule has 1 fully saturated rings. The lowest BCUT2D eigenvalue weighted by Crippen LogP contribution is -2.61. The molecule has 0 radical (unpaired) electrons. The van der Waals surface area contributed by atoms with Crippen LogP contribution < -0.4 is 14.9 Å². The summed E-state index contributed by atoms with van der Waals surface area (Å²) in [7, 11) is -3.49. The van der Waals surface area contributed by atoms with Gasteiger partial charge < -0.3 is 29.7 Å². The number of ether oxygens (including phenoxy) is 3. The molecule has 0 unspecified atom stereocenters. The maximum Gasteiger partial charge on any atom is 0.411 e. The van der Waals surface area contributed by atoms with Crippen LogP contribution in [0.4, 0.5) is 10.5 Å². The molecule has 2 aliphatic heterocycles. The molecule has 2 aromatic carbocycles. The minimum Gasteiger partial charge on any atom is -0.425 e. The van der Waals surface area contributed by atoms with E-state index in [1.807, 2.05) is 54.6 Å². The van der Waals surface area contributed by atoms with Crippen molar-refractivity contribution < 1.29 is 41.8 Å². The molecule has 262 valence electrons. The predicted octanol–water partition coefficient (Wildman–Crippen LogP) is 3.08. The second-order valence-electron chi connectivity index (χ2n) is 13.2. The standard InChI is InChI=1S/C34H46N4O9S/c1-23(2)30(40)46-24(3)47-32(42)36-33(4,5)31(41)35-27(21-45-20-25-12-8-7-9-13-25)29(39)37-18-16-34(17-19-37)22-38(48(6,43)44)28-15-11-10-14-26(28)34/h7-15,23-24,27H,16-22H2,1-6H3,(H,35,41)(H,36,42)/t24-,27-/m1/s1. The SMILES string of the molecule is CC(C)C(=O)O[C@@H](C)OC(=O)NC(C)(C)C(=O)N[C@H](COCc1ccccc1)C(=O)N1CCC2(CC1)CN(S(C)(=O)=O)c1ccccc12. The van der Waals surface area contributed by atoms with E-state index >= 15 is 0 Å². The van der Waals surface area contributed by atoms with Crippen LogP contribution >= 0.6 is 0 Å². The van der Waals surface area contributed by atoms with Gasteiger partial charge in [-0.25, -0.2) is 13.2 Å². The molecule has 2 aliphatic rings. The van der Waals surface area contributed by atoms with Crippen LogP contribution in [-0.2, 0) is 50.6 Å². The zero-order chi connectivity index (χ0) is 35.3. The summed E-state index contributed by atoms with van der Waals surface area (Å²) in [6.07, 6.45) is 0.0990. The number of alkyl carbamates (subject to hydrolysis) is 1. The number of para-hydroxylation sites is 1. The molecule has 0 aromatic heterocycles. The number of hydrogen-bond donors (Lipinski definition) is 2. The van der Waals surface area contributed by atoms with Crippen molar-refractivity contribution >= 4 is 39.6 Å². The molecular formula is C34H46N4O9S. The Labute approximate surface area is 282 Å². The summed E-state index contributed by atoms with van der Waals surface area (Å²) in [6.45, 7) is 8.66. The number of anilines is 1. The topological polar surface area (TPSA) is 161 Å². The Bertz CT molecular complexity index is 1590. The monoisotopic (exact) mass is 686 g/mol. The number of hydrogen-bond acceptors (Lipinski definition) is 9. The summed E-state index contributed by atoms with van der Waals surface area (Å²) >= 11 is 0. The van der Waals surface area contributed by atoms with Crippen LogP contribution in [0.3, 0.4) is 0 Å². The number of amides is 3. The van der Waals surface area contributed by atoms with Crippen molar-refractivity contribution in [3.63, 3.8) is 0 Å². The number of likely N-dealkylation sites (tertiary alicyclic amines) is 1. The first-order valence-electron chi connectivity index (χ1n) is 16.0. The number of carbonyl (C=O) groups excluding carboxylic acids is 4. The van der Waals surface area contributed by atoms with Gasteiger partial charge in [-0.2, -0.15) is 0 Å². The van der Waals surface area contributed by atoms with Gasteiger partial charge >= 0.3 is 12.1 Å². The average Bonchev–Trinajstić information content (AvgIpc) is 3.35. The first-order valence-corrected chi connectivity index (χ1v) is 17.9. The van der Waals surface area contributed by atoms with Gasteiger partial charge in [-0.3, -0.25) is 18.7 Å². The summed E-state index contributed by atoms with van der Waals surface area (Å²) in [5.41, 5.74) is 0.547. The van der Waals surface area contributed by atoms with Gasteiger partial charge in [-0.05, 0) is 43.9 Å². The van der Waals surface area contributed by atoms with E-state index in [1.54, 1.807) is 18.7 Å². The molecule has 13 nitrogen and oxygen atoms in total. The molecule has 1 spiro atoms. The number of esters is 1. The van der Waals surface area contributed by atoms with Crippen molar-refractivity contribution in [3.05, 3.63) is 65.7 Å². The number of rotatable bonds is 12. The normalized spacial score (nSPS) is 17.0. The van der Waals surface area contributed by atoms with E-state index < -0.39 is 57.2 Å². The molecular weight excluding hydrogens is 640 g/mol. The number of fused-ring (bicyclic) bond motifs is 2. The quantitative estimate of drug-likeness (QED) is 0.253. The Hall–Kier alpha value is -4.17. The lowest BCUT2D eigenvalue weighted by molar-refractivity contribution is -0.169. The molecule has 0 bridgehead atoms. The number of nitrogens with one attached hydrogen (secondary N) is 2. The number of sulfonamides is 1. The molecule has 2 atom stereocenters. The van der Waals surface area contributed by atoms with E-state index in [-0.39, 0.29) is 19.1 Å². The van der Waals surface area contributed by atoms with E-state index in [2.05, 4.69) is 10.6 Å². The summed E-state index contributed by atoms with van der Waals surface area (Å²) in [6, 6.07) is 15.8. The van der Waals surface area contributed by atoms with Gasteiger partial charge in [-0.1, -0.05) is 62.4 Å². The van der Waals surface area contributed by atoms with Crippen molar-refractivity contribution in [2.75, 3.05) is 36.8 Å². The van der Waals surface area contributed by atoms with Crippen molar-refractivity contribution in [3.8, 4) is 0 Å². The third-order valence-corrected chi connectivity index (χ3v) is 9.76. The summed E-state index contributed by atoms with van der Waals surface area (Å²) in [5.74, 6) is -1.97. The van der Waals surface area contributed by atoms with Crippen LogP contribution in [0.25, 0.3) is 0 Å². The average molecular weight is 687 g/mol. The van der Waals surface area contributed by atoms with E-state index in [0.29, 0.717) is 38.2 Å². The van der Waals surface area contributed by atoms with Gasteiger partial charge in [0.1, 0.15) is 11.6 Å². The summed E-state index contributed by atoms with van der Waals surface area (Å²) in [5, 5.41) is 5.22. The smallest absolute Gasteiger partial charge is 0.411 e. The Balaban J connectivity index is 1.44. The first kappa shape index (κ1) is 36.7. The van der Waals surface area contributed by atoms with E-state index in [1.165, 1.54) is 31.3 Å². The Morgan fingerprint density at radius 3 is 2.19 bits per heavy atom. The van der Waals surface area contributed by atoms with Crippen molar-refractivity contribution in [1.82, 2.24) is 15.5 Å². The number of carbonyl (C=O) groups is 4. The zero-order valence-corrected chi connectivity index (χ0v) is 29.2. The molecule has 3 amide bonds. The Morgan fingerprint density at radius 2 is 1.56 bits per heavy atom. The third kappa shape index (κ3) is 8.84. The van der Waals surface area contributed by atoms with Gasteiger partial charge in [0.2, 0.25) is 28.1 Å². The van der Waals surface area contributed by atoms with Gasteiger partial charge in [0.15, 0.2) is 0 Å². The van der Waals surface area contributed by atoms with Crippen LogP contribution in [0.1, 0.15) is 58.6 Å². The van der Waals surface area contributed by atoms with E-state index in [4.69, 9.17) is 14.2 Å². The first-order chi connectivity index (χ1) is 22.5. The fourth-order valence-corrected chi connectivity index (χ4v) is 6.88. The molecule has 2 heterocycles. The summed E-state index contributed by atoms with van der Waals surface area (Å²) < 4.78 is 42.7. The molecule has 1 saturated heterocycles. The third-order valence-electron chi connectivity index (χ3n) is 8.63. The number of nitrogens with zero attached hydrogens (tertiary/aromatic N) is 2. The lowest BCUT2D eigenvalue weighted by atomic mass is 9.74. The molecule has 0 saturated carbocycles. The highest BCUT2D eigenvalue weighted by atomic mass is 32.2. The van der Waals surface area contributed by atoms with Gasteiger partial charge in [0.25, 0.3) is 0 Å². The molecule has 0 aliphatic carbocycles. The molecule has 2 N–H and O–H groups in total. The van der Waals surface area contributed by atoms with Crippen LogP contribution in [0.5, 0.6) is 0 Å². The van der Waals surface area contributed by atoms with E-state index in [9.17, 15) is 27.6 Å². The van der Waals surface area contributed by atoms with E-state index in [0.717, 1.165) is 11.1 Å². The van der Waals surface area contributed by atoms with Gasteiger partial charge in [0, 0.05) is 32.0 Å². The van der Waals surface area contributed by atoms with Crippen LogP contribution in [-0.4, -0.2) is 87.6 Å². The highest BCUT2D eigenvalue weighted by Crippen LogP contribution is 2.47. The highest BCUT2D eigenvalue weighted by Gasteiger charge is 2.48. The highest BCUT2D eigenvalue weighted by molar-refractivity contribution is 7.92. The Kier molecular flexibility index (Phi) is 11.4. The zero-order valence-electron chi connectivity index (χ0n) is 28.4. The molecule has 14 heteroatoms.